The number of nitrogens with one attached hydrogen (secondary N) is 1. The quantitative estimate of drug-likeness (QED) is 0.685. The van der Waals surface area contributed by atoms with Gasteiger partial charge in [0.05, 0.1) is 17.8 Å². The van der Waals surface area contributed by atoms with Crippen LogP contribution >= 0.6 is 11.3 Å². The van der Waals surface area contributed by atoms with Gasteiger partial charge in [-0.1, -0.05) is 0 Å². The van der Waals surface area contributed by atoms with Gasteiger partial charge in [-0.15, -0.1) is 11.3 Å². The number of aromatic nitrogens is 1. The Morgan fingerprint density at radius 3 is 2.71 bits per heavy atom. The SMILES string of the molecule is N=C1C(c2nc(-c3ccc(F)cc3)cs2)=C(O)CN1c1ccc2c(c1)OCO2. The van der Waals surface area contributed by atoms with E-state index in [2.05, 4.69) is 4.98 Å². The van der Waals surface area contributed by atoms with Crippen LogP contribution in [0.3, 0.4) is 0 Å². The molecule has 8 heteroatoms. The Morgan fingerprint density at radius 2 is 1.89 bits per heavy atom. The van der Waals surface area contributed by atoms with Gasteiger partial charge in [0.1, 0.15) is 22.4 Å². The van der Waals surface area contributed by atoms with E-state index in [1.54, 1.807) is 29.2 Å². The molecular weight excluding hydrogens is 381 g/mol. The number of nitrogens with zero attached hydrogens (tertiary/aromatic N) is 2. The van der Waals surface area contributed by atoms with Crippen LogP contribution in [-0.4, -0.2) is 29.3 Å². The summed E-state index contributed by atoms with van der Waals surface area (Å²) in [4.78, 5) is 6.23. The third kappa shape index (κ3) is 2.69. The smallest absolute Gasteiger partial charge is 0.231 e. The maximum Gasteiger partial charge on any atom is 0.231 e. The number of rotatable bonds is 3. The summed E-state index contributed by atoms with van der Waals surface area (Å²) in [5.41, 5.74) is 2.58. The van der Waals surface area contributed by atoms with Crippen molar-refractivity contribution in [2.45, 2.75) is 0 Å². The Hall–Kier alpha value is -3.39. The van der Waals surface area contributed by atoms with E-state index in [4.69, 9.17) is 14.9 Å². The van der Waals surface area contributed by atoms with Gasteiger partial charge in [-0.25, -0.2) is 9.37 Å². The number of halogens is 1. The lowest BCUT2D eigenvalue weighted by Crippen LogP contribution is -2.25. The molecule has 2 aliphatic heterocycles. The van der Waals surface area contributed by atoms with Crippen LogP contribution in [0, 0.1) is 11.2 Å². The summed E-state index contributed by atoms with van der Waals surface area (Å²) in [5.74, 6) is 1.22. The lowest BCUT2D eigenvalue weighted by Gasteiger charge is -2.18. The van der Waals surface area contributed by atoms with Gasteiger partial charge in [0, 0.05) is 22.7 Å². The molecule has 0 bridgehead atoms. The first-order chi connectivity index (χ1) is 13.6. The summed E-state index contributed by atoms with van der Waals surface area (Å²) in [6, 6.07) is 11.5. The van der Waals surface area contributed by atoms with E-state index < -0.39 is 0 Å². The Labute approximate surface area is 163 Å². The number of anilines is 1. The number of hydrogen-bond acceptors (Lipinski definition) is 6. The average Bonchev–Trinajstić information content (AvgIpc) is 3.41. The van der Waals surface area contributed by atoms with E-state index in [1.165, 1.54) is 23.5 Å². The molecule has 0 saturated carbocycles. The molecular formula is C20H14FN3O3S. The summed E-state index contributed by atoms with van der Waals surface area (Å²) in [6.07, 6.45) is 0. The van der Waals surface area contributed by atoms with Crippen molar-refractivity contribution in [1.29, 1.82) is 5.41 Å². The summed E-state index contributed by atoms with van der Waals surface area (Å²) < 4.78 is 23.9. The monoisotopic (exact) mass is 395 g/mol. The second-order valence-corrected chi connectivity index (χ2v) is 7.20. The van der Waals surface area contributed by atoms with Crippen LogP contribution in [0.5, 0.6) is 11.5 Å². The molecule has 2 aromatic carbocycles. The lowest BCUT2D eigenvalue weighted by atomic mass is 10.2. The number of fused-ring (bicyclic) bond motifs is 1. The normalized spacial score (nSPS) is 15.6. The van der Waals surface area contributed by atoms with Gasteiger partial charge in [0.25, 0.3) is 0 Å². The molecule has 1 aromatic heterocycles. The van der Waals surface area contributed by atoms with Crippen molar-refractivity contribution in [1.82, 2.24) is 4.98 Å². The molecule has 3 aromatic rings. The van der Waals surface area contributed by atoms with Crippen molar-refractivity contribution in [3.05, 3.63) is 64.4 Å². The molecule has 6 nitrogen and oxygen atoms in total. The van der Waals surface area contributed by atoms with Gasteiger partial charge in [0.2, 0.25) is 6.79 Å². The summed E-state index contributed by atoms with van der Waals surface area (Å²) >= 11 is 1.34. The number of hydrogen-bond donors (Lipinski definition) is 2. The van der Waals surface area contributed by atoms with Crippen LogP contribution in [0.1, 0.15) is 5.01 Å². The molecule has 0 atom stereocenters. The zero-order valence-corrected chi connectivity index (χ0v) is 15.3. The van der Waals surface area contributed by atoms with Crippen molar-refractivity contribution in [2.24, 2.45) is 0 Å². The van der Waals surface area contributed by atoms with Crippen LogP contribution in [0.4, 0.5) is 10.1 Å². The van der Waals surface area contributed by atoms with E-state index in [1.807, 2.05) is 11.4 Å². The van der Waals surface area contributed by atoms with Crippen molar-refractivity contribution < 1.29 is 19.0 Å². The molecule has 2 N–H and O–H groups in total. The first-order valence-corrected chi connectivity index (χ1v) is 9.38. The molecule has 2 aliphatic rings. The maximum atomic E-state index is 13.1. The number of aliphatic hydroxyl groups excluding tert-OH is 1. The van der Waals surface area contributed by atoms with Gasteiger partial charge in [-0.3, -0.25) is 5.41 Å². The molecule has 3 heterocycles. The topological polar surface area (TPSA) is 78.7 Å². The number of amidine groups is 1. The molecule has 140 valence electrons. The largest absolute Gasteiger partial charge is 0.510 e. The van der Waals surface area contributed by atoms with Crippen molar-refractivity contribution in [2.75, 3.05) is 18.2 Å². The second-order valence-electron chi connectivity index (χ2n) is 6.34. The first-order valence-electron chi connectivity index (χ1n) is 8.50. The molecule has 0 radical (unpaired) electrons. The molecule has 0 aliphatic carbocycles. The fourth-order valence-electron chi connectivity index (χ4n) is 3.22. The highest BCUT2D eigenvalue weighted by Gasteiger charge is 2.32. The predicted octanol–water partition coefficient (Wildman–Crippen LogP) is 4.44. The minimum Gasteiger partial charge on any atom is -0.510 e. The van der Waals surface area contributed by atoms with Crippen molar-refractivity contribution in [3.63, 3.8) is 0 Å². The van der Waals surface area contributed by atoms with Gasteiger partial charge in [-0.05, 0) is 36.4 Å². The third-order valence-electron chi connectivity index (χ3n) is 4.63. The van der Waals surface area contributed by atoms with Crippen LogP contribution in [0.25, 0.3) is 16.8 Å². The predicted molar refractivity (Wildman–Crippen MR) is 105 cm³/mol. The van der Waals surface area contributed by atoms with Crippen LogP contribution in [-0.2, 0) is 0 Å². The third-order valence-corrected chi connectivity index (χ3v) is 5.49. The van der Waals surface area contributed by atoms with E-state index >= 15 is 0 Å². The van der Waals surface area contributed by atoms with E-state index in [0.29, 0.717) is 27.8 Å². The van der Waals surface area contributed by atoms with Gasteiger partial charge in [0.15, 0.2) is 11.5 Å². The maximum absolute atomic E-state index is 13.1. The minimum atomic E-state index is -0.309. The zero-order valence-electron chi connectivity index (χ0n) is 14.5. The van der Waals surface area contributed by atoms with Gasteiger partial charge in [-0.2, -0.15) is 0 Å². The average molecular weight is 395 g/mol. The molecule has 0 spiro atoms. The van der Waals surface area contributed by atoms with Crippen LogP contribution in [0.15, 0.2) is 53.6 Å². The van der Waals surface area contributed by atoms with E-state index in [-0.39, 0.29) is 30.7 Å². The highest BCUT2D eigenvalue weighted by atomic mass is 32.1. The second kappa shape index (κ2) is 6.35. The molecule has 0 unspecified atom stereocenters. The standard InChI is InChI=1S/C20H14FN3O3S/c21-12-3-1-11(2-4-12)14-9-28-20(23-14)18-15(25)8-24(19(18)22)13-5-6-16-17(7-13)27-10-26-16/h1-7,9,22,25H,8,10H2. The summed E-state index contributed by atoms with van der Waals surface area (Å²) in [7, 11) is 0. The Morgan fingerprint density at radius 1 is 1.11 bits per heavy atom. The number of thiazole rings is 1. The number of ether oxygens (including phenoxy) is 2. The Bertz CT molecular complexity index is 1120. The zero-order chi connectivity index (χ0) is 19.3. The summed E-state index contributed by atoms with van der Waals surface area (Å²) in [6.45, 7) is 0.357. The van der Waals surface area contributed by atoms with Crippen molar-refractivity contribution in [3.8, 4) is 22.8 Å². The number of benzene rings is 2. The molecule has 28 heavy (non-hydrogen) atoms. The Kier molecular flexibility index (Phi) is 3.80. The summed E-state index contributed by atoms with van der Waals surface area (Å²) in [5, 5.41) is 21.5. The minimum absolute atomic E-state index is 0.0858. The lowest BCUT2D eigenvalue weighted by molar-refractivity contribution is 0.174. The molecule has 0 saturated heterocycles. The van der Waals surface area contributed by atoms with Crippen LogP contribution in [0.2, 0.25) is 0 Å². The molecule has 0 fully saturated rings. The first kappa shape index (κ1) is 16.8. The number of aliphatic hydroxyl groups is 1. The molecule has 5 rings (SSSR count). The fourth-order valence-corrected chi connectivity index (χ4v) is 4.11. The van der Waals surface area contributed by atoms with Gasteiger partial charge >= 0.3 is 0 Å². The van der Waals surface area contributed by atoms with E-state index in [0.717, 1.165) is 11.3 Å². The van der Waals surface area contributed by atoms with Crippen LogP contribution < -0.4 is 14.4 Å². The molecule has 0 amide bonds. The van der Waals surface area contributed by atoms with Crippen molar-refractivity contribution >= 4 is 28.4 Å². The Balaban J connectivity index is 1.44. The van der Waals surface area contributed by atoms with Gasteiger partial charge < -0.3 is 19.5 Å². The highest BCUT2D eigenvalue weighted by Crippen LogP contribution is 2.39. The van der Waals surface area contributed by atoms with E-state index in [9.17, 15) is 9.50 Å². The highest BCUT2D eigenvalue weighted by molar-refractivity contribution is 7.11. The fraction of sp³-hybridized carbons (Fsp3) is 0.100.